The van der Waals surface area contributed by atoms with E-state index < -0.39 is 0 Å². The summed E-state index contributed by atoms with van der Waals surface area (Å²) >= 11 is 0. The summed E-state index contributed by atoms with van der Waals surface area (Å²) in [5.41, 5.74) is 1.87. The van der Waals surface area contributed by atoms with Crippen molar-refractivity contribution in [2.24, 2.45) is 5.92 Å². The van der Waals surface area contributed by atoms with E-state index in [4.69, 9.17) is 9.72 Å². The number of halogens is 1. The molecule has 0 atom stereocenters. The first kappa shape index (κ1) is 16.8. The summed E-state index contributed by atoms with van der Waals surface area (Å²) < 4.78 is 19.8. The summed E-state index contributed by atoms with van der Waals surface area (Å²) in [6.07, 6.45) is 6.72. The Kier molecular flexibility index (Phi) is 4.73. The van der Waals surface area contributed by atoms with Crippen LogP contribution in [0, 0.1) is 5.92 Å². The molecule has 0 amide bonds. The fraction of sp³-hybridized carbons (Fsp3) is 0.400. The number of benzene rings is 1. The molecule has 1 saturated heterocycles. The predicted octanol–water partition coefficient (Wildman–Crippen LogP) is 3.98. The average molecular weight is 354 g/mol. The molecule has 1 aromatic carbocycles. The van der Waals surface area contributed by atoms with Crippen molar-refractivity contribution >= 4 is 11.6 Å². The van der Waals surface area contributed by atoms with E-state index in [0.29, 0.717) is 18.1 Å². The Bertz CT molecular complexity index is 886. The van der Waals surface area contributed by atoms with Crippen LogP contribution in [0.4, 0.5) is 10.2 Å². The lowest BCUT2D eigenvalue weighted by Crippen LogP contribution is -2.34. The number of ether oxygens (including phenoxy) is 1. The summed E-state index contributed by atoms with van der Waals surface area (Å²) in [7, 11) is 1.66. The van der Waals surface area contributed by atoms with Crippen LogP contribution in [0.15, 0.2) is 42.7 Å². The highest BCUT2D eigenvalue weighted by Crippen LogP contribution is 2.26. The third kappa shape index (κ3) is 3.36. The number of anilines is 1. The number of hydrogen-bond donors (Lipinski definition) is 0. The van der Waals surface area contributed by atoms with Crippen LogP contribution >= 0.6 is 0 Å². The van der Waals surface area contributed by atoms with Crippen LogP contribution in [0.3, 0.4) is 0 Å². The second kappa shape index (κ2) is 7.32. The molecule has 1 aliphatic rings. The molecule has 0 radical (unpaired) electrons. The highest BCUT2D eigenvalue weighted by Gasteiger charge is 2.20. The standard InChI is InChI=1S/C20H23FN4O/c1-26-17-4-2-3-16(13-17)18-14-25-12-8-19(23-20(25)22-18)24-10-6-15(5-9-21)7-11-24/h2-4,8,12-15H,5-7,9-11H2,1H3. The zero-order valence-corrected chi connectivity index (χ0v) is 14.9. The van der Waals surface area contributed by atoms with E-state index in [1.54, 1.807) is 7.11 Å². The quantitative estimate of drug-likeness (QED) is 0.695. The Morgan fingerprint density at radius 2 is 2.04 bits per heavy atom. The van der Waals surface area contributed by atoms with E-state index in [1.165, 1.54) is 0 Å². The lowest BCUT2D eigenvalue weighted by molar-refractivity contribution is 0.332. The van der Waals surface area contributed by atoms with Gasteiger partial charge in [0, 0.05) is 31.0 Å². The van der Waals surface area contributed by atoms with Gasteiger partial charge in [0.05, 0.1) is 19.5 Å². The maximum Gasteiger partial charge on any atom is 0.236 e. The van der Waals surface area contributed by atoms with Crippen LogP contribution in [-0.2, 0) is 0 Å². The van der Waals surface area contributed by atoms with Crippen molar-refractivity contribution in [1.29, 1.82) is 0 Å². The van der Waals surface area contributed by atoms with Gasteiger partial charge in [-0.15, -0.1) is 0 Å². The summed E-state index contributed by atoms with van der Waals surface area (Å²) in [6, 6.07) is 9.89. The number of methoxy groups -OCH3 is 1. The molecule has 0 N–H and O–H groups in total. The molecule has 6 heteroatoms. The minimum atomic E-state index is -0.212. The van der Waals surface area contributed by atoms with Crippen molar-refractivity contribution in [3.63, 3.8) is 0 Å². The maximum atomic E-state index is 12.5. The number of fused-ring (bicyclic) bond motifs is 1. The first-order valence-corrected chi connectivity index (χ1v) is 9.08. The molecule has 5 nitrogen and oxygen atoms in total. The fourth-order valence-corrected chi connectivity index (χ4v) is 3.57. The molecular weight excluding hydrogens is 331 g/mol. The van der Waals surface area contributed by atoms with Crippen molar-refractivity contribution in [2.75, 3.05) is 31.8 Å². The lowest BCUT2D eigenvalue weighted by atomic mass is 9.94. The zero-order chi connectivity index (χ0) is 17.9. The Morgan fingerprint density at radius 1 is 1.19 bits per heavy atom. The van der Waals surface area contributed by atoms with E-state index >= 15 is 0 Å². The number of alkyl halides is 1. The van der Waals surface area contributed by atoms with Gasteiger partial charge < -0.3 is 9.64 Å². The molecule has 0 unspecified atom stereocenters. The fourth-order valence-electron chi connectivity index (χ4n) is 3.57. The van der Waals surface area contributed by atoms with Gasteiger partial charge in [0.15, 0.2) is 0 Å². The van der Waals surface area contributed by atoms with Crippen molar-refractivity contribution < 1.29 is 9.13 Å². The largest absolute Gasteiger partial charge is 0.497 e. The predicted molar refractivity (Wildman–Crippen MR) is 101 cm³/mol. The van der Waals surface area contributed by atoms with Gasteiger partial charge in [0.2, 0.25) is 5.78 Å². The van der Waals surface area contributed by atoms with Crippen LogP contribution in [0.25, 0.3) is 17.0 Å². The second-order valence-corrected chi connectivity index (χ2v) is 6.76. The average Bonchev–Trinajstić information content (AvgIpc) is 3.12. The number of piperidine rings is 1. The molecule has 2 aromatic heterocycles. The first-order valence-electron chi connectivity index (χ1n) is 9.08. The van der Waals surface area contributed by atoms with Crippen LogP contribution in [0.1, 0.15) is 19.3 Å². The molecule has 0 bridgehead atoms. The Labute approximate surface area is 152 Å². The summed E-state index contributed by atoms with van der Waals surface area (Å²) in [5.74, 6) is 2.95. The smallest absolute Gasteiger partial charge is 0.236 e. The molecule has 1 fully saturated rings. The summed E-state index contributed by atoms with van der Waals surface area (Å²) in [4.78, 5) is 11.7. The molecule has 0 saturated carbocycles. The third-order valence-electron chi connectivity index (χ3n) is 5.13. The Balaban J connectivity index is 1.56. The minimum Gasteiger partial charge on any atom is -0.497 e. The van der Waals surface area contributed by atoms with Gasteiger partial charge in [-0.25, -0.2) is 4.98 Å². The van der Waals surface area contributed by atoms with Crippen molar-refractivity contribution in [2.45, 2.75) is 19.3 Å². The number of aromatic nitrogens is 3. The SMILES string of the molecule is COc1cccc(-c2cn3ccc(N4CCC(CCF)CC4)nc3n2)c1. The Hall–Kier alpha value is -2.63. The van der Waals surface area contributed by atoms with Crippen molar-refractivity contribution in [3.05, 3.63) is 42.7 Å². The van der Waals surface area contributed by atoms with Gasteiger partial charge in [0.1, 0.15) is 11.6 Å². The van der Waals surface area contributed by atoms with Crippen molar-refractivity contribution in [1.82, 2.24) is 14.4 Å². The molecule has 1 aliphatic heterocycles. The molecular formula is C20H23FN4O. The highest BCUT2D eigenvalue weighted by molar-refractivity contribution is 5.63. The first-order chi connectivity index (χ1) is 12.8. The molecule has 136 valence electrons. The molecule has 3 heterocycles. The topological polar surface area (TPSA) is 42.7 Å². The molecule has 0 aliphatic carbocycles. The zero-order valence-electron chi connectivity index (χ0n) is 14.9. The van der Waals surface area contributed by atoms with Gasteiger partial charge in [-0.3, -0.25) is 8.79 Å². The van der Waals surface area contributed by atoms with Gasteiger partial charge >= 0.3 is 0 Å². The number of hydrogen-bond acceptors (Lipinski definition) is 4. The van der Waals surface area contributed by atoms with E-state index in [0.717, 1.165) is 48.8 Å². The molecule has 0 spiro atoms. The van der Waals surface area contributed by atoms with Gasteiger partial charge in [-0.1, -0.05) is 12.1 Å². The van der Waals surface area contributed by atoms with Crippen LogP contribution < -0.4 is 9.64 Å². The van der Waals surface area contributed by atoms with E-state index in [2.05, 4.69) is 9.88 Å². The van der Waals surface area contributed by atoms with Gasteiger partial charge in [0.25, 0.3) is 0 Å². The van der Waals surface area contributed by atoms with E-state index in [-0.39, 0.29) is 6.67 Å². The van der Waals surface area contributed by atoms with E-state index in [9.17, 15) is 4.39 Å². The lowest BCUT2D eigenvalue weighted by Gasteiger charge is -2.32. The maximum absolute atomic E-state index is 12.5. The monoisotopic (exact) mass is 354 g/mol. The van der Waals surface area contributed by atoms with E-state index in [1.807, 2.05) is 47.1 Å². The normalized spacial score (nSPS) is 15.5. The number of imidazole rings is 1. The van der Waals surface area contributed by atoms with Gasteiger partial charge in [-0.05, 0) is 43.4 Å². The number of rotatable bonds is 5. The number of nitrogens with zero attached hydrogens (tertiary/aromatic N) is 4. The second-order valence-electron chi connectivity index (χ2n) is 6.76. The summed E-state index contributed by atoms with van der Waals surface area (Å²) in [6.45, 7) is 1.64. The third-order valence-corrected chi connectivity index (χ3v) is 5.13. The Morgan fingerprint density at radius 3 is 2.81 bits per heavy atom. The summed E-state index contributed by atoms with van der Waals surface area (Å²) in [5, 5.41) is 0. The van der Waals surface area contributed by atoms with Crippen LogP contribution in [0.5, 0.6) is 5.75 Å². The van der Waals surface area contributed by atoms with Crippen LogP contribution in [0.2, 0.25) is 0 Å². The minimum absolute atomic E-state index is 0.212. The molecule has 3 aromatic rings. The van der Waals surface area contributed by atoms with Crippen molar-refractivity contribution in [3.8, 4) is 17.0 Å². The van der Waals surface area contributed by atoms with Gasteiger partial charge in [-0.2, -0.15) is 4.98 Å². The highest BCUT2D eigenvalue weighted by atomic mass is 19.1. The molecule has 4 rings (SSSR count). The van der Waals surface area contributed by atoms with Crippen LogP contribution in [-0.4, -0.2) is 41.2 Å². The molecule has 26 heavy (non-hydrogen) atoms.